The number of aromatic nitrogens is 1. The van der Waals surface area contributed by atoms with Crippen LogP contribution in [0.1, 0.15) is 65.4 Å². The van der Waals surface area contributed by atoms with E-state index in [1.807, 2.05) is 39.8 Å². The average Bonchev–Trinajstić information content (AvgIpc) is 2.96. The maximum atomic E-state index is 10.8. The summed E-state index contributed by atoms with van der Waals surface area (Å²) in [7, 11) is 2.21. The molecule has 1 aliphatic heterocycles. The molecule has 0 atom stereocenters. The first-order valence-electron chi connectivity index (χ1n) is 8.94. The van der Waals surface area contributed by atoms with Gasteiger partial charge in [-0.15, -0.1) is 0 Å². The molecular formula is C19H34N2O. The predicted octanol–water partition coefficient (Wildman–Crippen LogP) is 4.22. The van der Waals surface area contributed by atoms with Crippen molar-refractivity contribution in [2.24, 2.45) is 5.41 Å². The van der Waals surface area contributed by atoms with Gasteiger partial charge in [0, 0.05) is 18.9 Å². The molecule has 3 heteroatoms. The SMILES string of the molecule is CC.CC.CN1CCC2(CCC(O)(c3ccncc3)CC2)C1. The van der Waals surface area contributed by atoms with Crippen molar-refractivity contribution in [1.29, 1.82) is 0 Å². The molecule has 1 saturated heterocycles. The van der Waals surface area contributed by atoms with Crippen molar-refractivity contribution in [2.45, 2.75) is 65.4 Å². The van der Waals surface area contributed by atoms with E-state index in [-0.39, 0.29) is 0 Å². The molecule has 1 spiro atoms. The highest BCUT2D eigenvalue weighted by molar-refractivity contribution is 5.20. The van der Waals surface area contributed by atoms with Crippen LogP contribution in [0.5, 0.6) is 0 Å². The molecule has 1 aromatic heterocycles. The summed E-state index contributed by atoms with van der Waals surface area (Å²) in [6.07, 6.45) is 8.94. The smallest absolute Gasteiger partial charge is 0.0898 e. The predicted molar refractivity (Wildman–Crippen MR) is 93.8 cm³/mol. The molecule has 0 aromatic carbocycles. The summed E-state index contributed by atoms with van der Waals surface area (Å²) in [6, 6.07) is 3.91. The van der Waals surface area contributed by atoms with Crippen molar-refractivity contribution < 1.29 is 5.11 Å². The summed E-state index contributed by atoms with van der Waals surface area (Å²) in [5.41, 5.74) is 0.905. The maximum Gasteiger partial charge on any atom is 0.0898 e. The Morgan fingerprint density at radius 1 is 0.955 bits per heavy atom. The van der Waals surface area contributed by atoms with Crippen molar-refractivity contribution in [3.63, 3.8) is 0 Å². The Hall–Kier alpha value is -0.930. The molecular weight excluding hydrogens is 272 g/mol. The van der Waals surface area contributed by atoms with E-state index in [2.05, 4.69) is 16.9 Å². The number of aliphatic hydroxyl groups is 1. The van der Waals surface area contributed by atoms with E-state index in [0.717, 1.165) is 31.2 Å². The Balaban J connectivity index is 0.000000561. The first kappa shape index (κ1) is 19.1. The lowest BCUT2D eigenvalue weighted by atomic mass is 9.66. The molecule has 126 valence electrons. The summed E-state index contributed by atoms with van der Waals surface area (Å²) in [5, 5.41) is 10.8. The van der Waals surface area contributed by atoms with Crippen molar-refractivity contribution in [1.82, 2.24) is 9.88 Å². The van der Waals surface area contributed by atoms with Gasteiger partial charge in [0.2, 0.25) is 0 Å². The summed E-state index contributed by atoms with van der Waals surface area (Å²) < 4.78 is 0. The molecule has 3 rings (SSSR count). The van der Waals surface area contributed by atoms with E-state index in [4.69, 9.17) is 0 Å². The van der Waals surface area contributed by atoms with Crippen molar-refractivity contribution >= 4 is 0 Å². The highest BCUT2D eigenvalue weighted by atomic mass is 16.3. The number of likely N-dealkylation sites (tertiary alicyclic amines) is 1. The fourth-order valence-electron chi connectivity index (χ4n) is 3.71. The van der Waals surface area contributed by atoms with Crippen LogP contribution < -0.4 is 0 Å². The zero-order valence-electron chi connectivity index (χ0n) is 15.1. The first-order chi connectivity index (χ1) is 10.6. The topological polar surface area (TPSA) is 36.4 Å². The van der Waals surface area contributed by atoms with Gasteiger partial charge >= 0.3 is 0 Å². The second-order valence-electron chi connectivity index (χ2n) is 6.26. The van der Waals surface area contributed by atoms with Gasteiger partial charge in [0.05, 0.1) is 5.60 Å². The maximum absolute atomic E-state index is 10.8. The van der Waals surface area contributed by atoms with Crippen LogP contribution in [0.2, 0.25) is 0 Å². The Morgan fingerprint density at radius 2 is 1.50 bits per heavy atom. The molecule has 0 bridgehead atoms. The molecule has 1 N–H and O–H groups in total. The molecule has 1 aromatic rings. The second-order valence-corrected chi connectivity index (χ2v) is 6.26. The minimum absolute atomic E-state index is 0.480. The van der Waals surface area contributed by atoms with Crippen LogP contribution in [0, 0.1) is 5.41 Å². The van der Waals surface area contributed by atoms with E-state index < -0.39 is 5.60 Å². The van der Waals surface area contributed by atoms with Crippen LogP contribution in [-0.4, -0.2) is 35.1 Å². The molecule has 2 heterocycles. The van der Waals surface area contributed by atoms with Gasteiger partial charge in [-0.3, -0.25) is 4.98 Å². The Morgan fingerprint density at radius 3 is 1.95 bits per heavy atom. The molecule has 22 heavy (non-hydrogen) atoms. The van der Waals surface area contributed by atoms with Crippen molar-refractivity contribution in [2.75, 3.05) is 20.1 Å². The summed E-state index contributed by atoms with van der Waals surface area (Å²) >= 11 is 0. The van der Waals surface area contributed by atoms with Crippen LogP contribution in [-0.2, 0) is 5.60 Å². The van der Waals surface area contributed by atoms with Crippen LogP contribution in [0.4, 0.5) is 0 Å². The largest absolute Gasteiger partial charge is 0.385 e. The van der Waals surface area contributed by atoms with Crippen LogP contribution >= 0.6 is 0 Å². The molecule has 0 unspecified atom stereocenters. The summed E-state index contributed by atoms with van der Waals surface area (Å²) in [4.78, 5) is 6.46. The Kier molecular flexibility index (Phi) is 7.51. The minimum atomic E-state index is -0.616. The molecule has 3 nitrogen and oxygen atoms in total. The van der Waals surface area contributed by atoms with E-state index in [0.29, 0.717) is 5.41 Å². The van der Waals surface area contributed by atoms with E-state index in [1.54, 1.807) is 12.4 Å². The van der Waals surface area contributed by atoms with Crippen LogP contribution in [0.25, 0.3) is 0 Å². The van der Waals surface area contributed by atoms with E-state index in [1.165, 1.54) is 19.5 Å². The third-order valence-electron chi connectivity index (χ3n) is 4.98. The molecule has 0 amide bonds. The van der Waals surface area contributed by atoms with Gasteiger partial charge < -0.3 is 10.0 Å². The van der Waals surface area contributed by atoms with E-state index in [9.17, 15) is 5.11 Å². The fourth-order valence-corrected chi connectivity index (χ4v) is 3.71. The molecule has 0 radical (unpaired) electrons. The van der Waals surface area contributed by atoms with Gasteiger partial charge in [0.15, 0.2) is 0 Å². The Bertz CT molecular complexity index is 411. The van der Waals surface area contributed by atoms with Crippen LogP contribution in [0.15, 0.2) is 24.5 Å². The lowest BCUT2D eigenvalue weighted by Crippen LogP contribution is -2.38. The average molecular weight is 306 g/mol. The number of hydrogen-bond acceptors (Lipinski definition) is 3. The summed E-state index contributed by atoms with van der Waals surface area (Å²) in [5.74, 6) is 0. The monoisotopic (exact) mass is 306 g/mol. The lowest BCUT2D eigenvalue weighted by molar-refractivity contribution is -0.0362. The van der Waals surface area contributed by atoms with Gasteiger partial charge in [-0.05, 0) is 68.8 Å². The highest BCUT2D eigenvalue weighted by Crippen LogP contribution is 2.49. The molecule has 2 aliphatic rings. The quantitative estimate of drug-likeness (QED) is 0.844. The molecule has 2 fully saturated rings. The third-order valence-corrected chi connectivity index (χ3v) is 4.98. The third kappa shape index (κ3) is 4.30. The fraction of sp³-hybridized carbons (Fsp3) is 0.737. The van der Waals surface area contributed by atoms with Crippen molar-refractivity contribution in [3.05, 3.63) is 30.1 Å². The first-order valence-corrected chi connectivity index (χ1v) is 8.94. The lowest BCUT2D eigenvalue weighted by Gasteiger charge is -2.42. The zero-order chi connectivity index (χ0) is 16.6. The normalized spacial score (nSPS) is 31.0. The Labute approximate surface area is 136 Å². The van der Waals surface area contributed by atoms with Gasteiger partial charge in [-0.2, -0.15) is 0 Å². The van der Waals surface area contributed by atoms with Gasteiger partial charge in [0.25, 0.3) is 0 Å². The van der Waals surface area contributed by atoms with E-state index >= 15 is 0 Å². The highest BCUT2D eigenvalue weighted by Gasteiger charge is 2.45. The number of hydrogen-bond donors (Lipinski definition) is 1. The number of pyridine rings is 1. The second kappa shape index (κ2) is 8.64. The van der Waals surface area contributed by atoms with Crippen molar-refractivity contribution in [3.8, 4) is 0 Å². The molecule has 1 aliphatic carbocycles. The van der Waals surface area contributed by atoms with Gasteiger partial charge in [0.1, 0.15) is 0 Å². The number of rotatable bonds is 1. The van der Waals surface area contributed by atoms with Gasteiger partial charge in [-0.25, -0.2) is 0 Å². The number of nitrogens with zero attached hydrogens (tertiary/aromatic N) is 2. The van der Waals surface area contributed by atoms with Crippen LogP contribution in [0.3, 0.4) is 0 Å². The van der Waals surface area contributed by atoms with Gasteiger partial charge in [-0.1, -0.05) is 27.7 Å². The minimum Gasteiger partial charge on any atom is -0.385 e. The zero-order valence-corrected chi connectivity index (χ0v) is 15.1. The molecule has 1 saturated carbocycles. The summed E-state index contributed by atoms with van der Waals surface area (Å²) in [6.45, 7) is 10.4. The standard InChI is InChI=1S/C15H22N2O.2C2H6/c1-17-11-8-14(12-17)4-6-15(18,7-5-14)13-2-9-16-10-3-13;2*1-2/h2-3,9-10,18H,4-8,11-12H2,1H3;2*1-2H3.